The summed E-state index contributed by atoms with van der Waals surface area (Å²) in [6, 6.07) is 14.1. The van der Waals surface area contributed by atoms with E-state index >= 15 is 0 Å². The van der Waals surface area contributed by atoms with Crippen LogP contribution in [0.2, 0.25) is 0 Å². The van der Waals surface area contributed by atoms with E-state index in [9.17, 15) is 4.39 Å². The fourth-order valence-electron chi connectivity index (χ4n) is 1.94. The van der Waals surface area contributed by atoms with Gasteiger partial charge in [0.2, 0.25) is 0 Å². The van der Waals surface area contributed by atoms with E-state index in [2.05, 4.69) is 11.1 Å². The number of benzene rings is 2. The molecular weight excluding hydrogens is 229 g/mol. The maximum atomic E-state index is 12.7. The number of halogens is 1. The maximum absolute atomic E-state index is 12.7. The van der Waals surface area contributed by atoms with Crippen LogP contribution in [-0.2, 0) is 6.61 Å². The third-order valence-corrected chi connectivity index (χ3v) is 2.88. The van der Waals surface area contributed by atoms with Crippen molar-refractivity contribution in [3.05, 3.63) is 66.1 Å². The zero-order valence-corrected chi connectivity index (χ0v) is 9.69. The van der Waals surface area contributed by atoms with Crippen molar-refractivity contribution in [2.24, 2.45) is 0 Å². The Balaban J connectivity index is 1.79. The van der Waals surface area contributed by atoms with Crippen LogP contribution in [0.1, 0.15) is 5.56 Å². The maximum Gasteiger partial charge on any atom is 0.123 e. The third kappa shape index (κ3) is 2.07. The number of ether oxygens (including phenoxy) is 1. The molecule has 0 amide bonds. The van der Waals surface area contributed by atoms with Gasteiger partial charge in [0.1, 0.15) is 18.2 Å². The van der Waals surface area contributed by atoms with Crippen molar-refractivity contribution >= 4 is 10.9 Å². The van der Waals surface area contributed by atoms with Crippen molar-refractivity contribution in [3.63, 3.8) is 0 Å². The minimum Gasteiger partial charge on any atom is -0.489 e. The molecule has 3 aromatic rings. The largest absolute Gasteiger partial charge is 0.489 e. The normalized spacial score (nSPS) is 10.7. The lowest BCUT2D eigenvalue weighted by atomic mass is 10.2. The van der Waals surface area contributed by atoms with Crippen LogP contribution in [-0.4, -0.2) is 4.98 Å². The molecule has 3 heteroatoms. The van der Waals surface area contributed by atoms with Crippen molar-refractivity contribution < 1.29 is 9.13 Å². The quantitative estimate of drug-likeness (QED) is 0.739. The summed E-state index contributed by atoms with van der Waals surface area (Å²) in [6.07, 6.45) is 1.94. The van der Waals surface area contributed by atoms with Gasteiger partial charge in [-0.05, 0) is 30.3 Å². The Morgan fingerprint density at radius 2 is 1.78 bits per heavy atom. The van der Waals surface area contributed by atoms with Gasteiger partial charge in [0.05, 0.1) is 0 Å². The average Bonchev–Trinajstić information content (AvgIpc) is 2.82. The van der Waals surface area contributed by atoms with Crippen LogP contribution in [0.5, 0.6) is 5.75 Å². The molecule has 0 atom stereocenters. The first-order valence-corrected chi connectivity index (χ1v) is 5.76. The molecule has 0 unspecified atom stereocenters. The highest BCUT2D eigenvalue weighted by Crippen LogP contribution is 2.20. The molecule has 1 N–H and O–H groups in total. The van der Waals surface area contributed by atoms with Gasteiger partial charge < -0.3 is 9.72 Å². The summed E-state index contributed by atoms with van der Waals surface area (Å²) >= 11 is 0. The minimum absolute atomic E-state index is 0.255. The van der Waals surface area contributed by atoms with Gasteiger partial charge in [-0.1, -0.05) is 18.2 Å². The molecule has 90 valence electrons. The predicted molar refractivity (Wildman–Crippen MR) is 69.0 cm³/mol. The number of rotatable bonds is 3. The fourth-order valence-corrected chi connectivity index (χ4v) is 1.94. The lowest BCUT2D eigenvalue weighted by Crippen LogP contribution is -1.94. The van der Waals surface area contributed by atoms with Crippen molar-refractivity contribution in [1.29, 1.82) is 0 Å². The molecule has 0 aliphatic rings. The van der Waals surface area contributed by atoms with Crippen LogP contribution in [0.3, 0.4) is 0 Å². The number of aromatic nitrogens is 1. The van der Waals surface area contributed by atoms with Gasteiger partial charge in [0.15, 0.2) is 0 Å². The second-order valence-electron chi connectivity index (χ2n) is 4.10. The zero-order valence-electron chi connectivity index (χ0n) is 9.69. The molecule has 0 fully saturated rings. The molecule has 18 heavy (non-hydrogen) atoms. The van der Waals surface area contributed by atoms with Crippen LogP contribution in [0.15, 0.2) is 54.7 Å². The van der Waals surface area contributed by atoms with Crippen LogP contribution >= 0.6 is 0 Å². The van der Waals surface area contributed by atoms with E-state index in [-0.39, 0.29) is 5.82 Å². The lowest BCUT2D eigenvalue weighted by Gasteiger charge is -2.04. The number of fused-ring (bicyclic) bond motifs is 1. The van der Waals surface area contributed by atoms with Gasteiger partial charge in [-0.15, -0.1) is 0 Å². The second kappa shape index (κ2) is 4.53. The van der Waals surface area contributed by atoms with Crippen LogP contribution in [0.25, 0.3) is 10.9 Å². The number of aromatic amines is 1. The first kappa shape index (κ1) is 10.8. The van der Waals surface area contributed by atoms with E-state index < -0.39 is 0 Å². The summed E-state index contributed by atoms with van der Waals surface area (Å²) in [6.45, 7) is 0.468. The SMILES string of the molecule is Fc1ccc(OCc2c[nH]c3ccccc23)cc1. The summed E-state index contributed by atoms with van der Waals surface area (Å²) in [7, 11) is 0. The summed E-state index contributed by atoms with van der Waals surface area (Å²) in [4.78, 5) is 3.19. The van der Waals surface area contributed by atoms with E-state index in [4.69, 9.17) is 4.74 Å². The van der Waals surface area contributed by atoms with Gasteiger partial charge in [-0.25, -0.2) is 4.39 Å². The van der Waals surface area contributed by atoms with Crippen molar-refractivity contribution in [3.8, 4) is 5.75 Å². The molecule has 0 aliphatic heterocycles. The van der Waals surface area contributed by atoms with E-state index in [0.717, 1.165) is 16.5 Å². The molecule has 0 bridgehead atoms. The van der Waals surface area contributed by atoms with Crippen LogP contribution < -0.4 is 4.74 Å². The number of hydrogen-bond donors (Lipinski definition) is 1. The van der Waals surface area contributed by atoms with Crippen molar-refractivity contribution in [1.82, 2.24) is 4.98 Å². The monoisotopic (exact) mass is 241 g/mol. The standard InChI is InChI=1S/C15H12FNO/c16-12-5-7-13(8-6-12)18-10-11-9-17-15-4-2-1-3-14(11)15/h1-9,17H,10H2. The highest BCUT2D eigenvalue weighted by molar-refractivity contribution is 5.82. The van der Waals surface area contributed by atoms with Crippen LogP contribution in [0, 0.1) is 5.82 Å². The highest BCUT2D eigenvalue weighted by atomic mass is 19.1. The molecule has 2 nitrogen and oxygen atoms in total. The molecule has 0 radical (unpaired) electrons. The van der Waals surface area contributed by atoms with Gasteiger partial charge in [-0.2, -0.15) is 0 Å². The molecule has 1 aromatic heterocycles. The molecule has 0 spiro atoms. The molecule has 1 heterocycles. The first-order chi connectivity index (χ1) is 8.83. The number of H-pyrrole nitrogens is 1. The number of para-hydroxylation sites is 1. The first-order valence-electron chi connectivity index (χ1n) is 5.76. The summed E-state index contributed by atoms with van der Waals surface area (Å²) < 4.78 is 18.4. The smallest absolute Gasteiger partial charge is 0.123 e. The summed E-state index contributed by atoms with van der Waals surface area (Å²) in [5.41, 5.74) is 2.19. The summed E-state index contributed by atoms with van der Waals surface area (Å²) in [5.74, 6) is 0.413. The van der Waals surface area contributed by atoms with Gasteiger partial charge in [0, 0.05) is 22.7 Å². The zero-order chi connectivity index (χ0) is 12.4. The van der Waals surface area contributed by atoms with Crippen LogP contribution in [0.4, 0.5) is 4.39 Å². The Hall–Kier alpha value is -2.29. The fraction of sp³-hybridized carbons (Fsp3) is 0.0667. The second-order valence-corrected chi connectivity index (χ2v) is 4.10. The molecular formula is C15H12FNO. The van der Waals surface area contributed by atoms with Crippen molar-refractivity contribution in [2.75, 3.05) is 0 Å². The van der Waals surface area contributed by atoms with Crippen molar-refractivity contribution in [2.45, 2.75) is 6.61 Å². The predicted octanol–water partition coefficient (Wildman–Crippen LogP) is 3.89. The Bertz CT molecular complexity index is 658. The Labute approximate surface area is 104 Å². The molecule has 0 saturated heterocycles. The van der Waals surface area contributed by atoms with Gasteiger partial charge in [-0.3, -0.25) is 0 Å². The molecule has 0 aliphatic carbocycles. The van der Waals surface area contributed by atoms with E-state index in [1.807, 2.05) is 24.4 Å². The third-order valence-electron chi connectivity index (χ3n) is 2.88. The molecule has 2 aromatic carbocycles. The van der Waals surface area contributed by atoms with E-state index in [1.165, 1.54) is 12.1 Å². The number of hydrogen-bond acceptors (Lipinski definition) is 1. The molecule has 0 saturated carbocycles. The molecule has 3 rings (SSSR count). The topological polar surface area (TPSA) is 25.0 Å². The minimum atomic E-state index is -0.255. The Kier molecular flexibility index (Phi) is 2.73. The number of nitrogens with one attached hydrogen (secondary N) is 1. The van der Waals surface area contributed by atoms with Gasteiger partial charge in [0.25, 0.3) is 0 Å². The lowest BCUT2D eigenvalue weighted by molar-refractivity contribution is 0.307. The Morgan fingerprint density at radius 1 is 1.00 bits per heavy atom. The Morgan fingerprint density at radius 3 is 2.61 bits per heavy atom. The van der Waals surface area contributed by atoms with Gasteiger partial charge >= 0.3 is 0 Å². The summed E-state index contributed by atoms with van der Waals surface area (Å²) in [5, 5.41) is 1.15. The van der Waals surface area contributed by atoms with E-state index in [1.54, 1.807) is 12.1 Å². The highest BCUT2D eigenvalue weighted by Gasteiger charge is 2.03. The van der Waals surface area contributed by atoms with E-state index in [0.29, 0.717) is 12.4 Å². The average molecular weight is 241 g/mol.